The van der Waals surface area contributed by atoms with Gasteiger partial charge in [0.2, 0.25) is 45.9 Å². The summed E-state index contributed by atoms with van der Waals surface area (Å²) in [6.45, 7) is 24.2. The molecule has 4 fully saturated rings. The quantitative estimate of drug-likeness (QED) is 0.0459. The van der Waals surface area contributed by atoms with Gasteiger partial charge in [0.1, 0.15) is 48.8 Å². The highest BCUT2D eigenvalue weighted by Gasteiger charge is 2.32. The number of halogens is 9. The number of likely N-dealkylation sites (N-methyl/N-ethyl adjacent to an activating group) is 2. The highest BCUT2D eigenvalue weighted by atomic mass is 35.5. The van der Waals surface area contributed by atoms with E-state index in [1.165, 1.54) is 80.4 Å². The Bertz CT molecular complexity index is 4320. The largest absolute Gasteiger partial charge is 0.480 e. The molecule has 0 saturated carbocycles. The average molecular weight is 1760 g/mol. The van der Waals surface area contributed by atoms with Crippen molar-refractivity contribution in [3.05, 3.63) is 174 Å². The van der Waals surface area contributed by atoms with Gasteiger partial charge in [0, 0.05) is 95.6 Å². The molecule has 114 heavy (non-hydrogen) atoms. The number of hydrogen-bond acceptors (Lipinski definition) is 24. The number of aromatic carboxylic acids is 1. The monoisotopic (exact) mass is 1760 g/mol. The van der Waals surface area contributed by atoms with Gasteiger partial charge in [-0.2, -0.15) is 19.9 Å². The SMILES string of the molecule is C=CC(=O)N(C)c1ccc(C(=O)N2CC[C@@H](Cc3ncc(Cl)c(OC)n3)C2)cc1.C=CC(=O)N(C)c1ccc(C(=O)O)cc1.CC(C)(C)OC(=O)N1CC[C@@H](N)C1.COc1nc(CC2CCN(C(=O)OC(C)(C)C)C2)ncc1Cl.COc1nc(CC2CCNC2)ncc1Cl.COc1nc(Cl)ncc1Cl.Cl.Clc1ncc(Cl)c(Cl)n1. The molecule has 0 radical (unpaired) electrons. The lowest BCUT2D eigenvalue weighted by atomic mass is 10.0. The van der Waals surface area contributed by atoms with Crippen LogP contribution >= 0.6 is 105 Å². The van der Waals surface area contributed by atoms with Crippen LogP contribution in [0.4, 0.5) is 21.0 Å². The van der Waals surface area contributed by atoms with Crippen LogP contribution in [-0.4, -0.2) is 218 Å². The minimum absolute atomic E-state index is 0. The summed E-state index contributed by atoms with van der Waals surface area (Å²) in [5.41, 5.74) is 6.92. The Balaban J connectivity index is 0.000000290. The lowest BCUT2D eigenvalue weighted by molar-refractivity contribution is -0.114. The number of nitrogens with one attached hydrogen (secondary N) is 1. The Hall–Kier alpha value is -8.53. The summed E-state index contributed by atoms with van der Waals surface area (Å²) in [6, 6.07) is 13.2. The third-order valence-electron chi connectivity index (χ3n) is 16.4. The second-order valence-corrected chi connectivity index (χ2v) is 30.3. The van der Waals surface area contributed by atoms with E-state index in [0.29, 0.717) is 135 Å². The van der Waals surface area contributed by atoms with Crippen molar-refractivity contribution >= 4 is 152 Å². The number of rotatable bonds is 16. The van der Waals surface area contributed by atoms with Crippen LogP contribution in [0.1, 0.15) is 105 Å². The number of carbonyl (C=O) groups excluding carboxylic acids is 5. The van der Waals surface area contributed by atoms with Crippen molar-refractivity contribution in [3.63, 3.8) is 0 Å². The first-order chi connectivity index (χ1) is 53.4. The number of amides is 5. The van der Waals surface area contributed by atoms with Gasteiger partial charge in [0.05, 0.1) is 70.0 Å². The number of anilines is 2. The molecule has 5 aromatic heterocycles. The zero-order valence-corrected chi connectivity index (χ0v) is 71.9. The Morgan fingerprint density at radius 2 is 0.868 bits per heavy atom. The Morgan fingerprint density at radius 1 is 0.509 bits per heavy atom. The van der Waals surface area contributed by atoms with E-state index in [2.05, 4.69) is 68.3 Å². The van der Waals surface area contributed by atoms with Gasteiger partial charge in [0.25, 0.3) is 5.91 Å². The molecule has 30 nitrogen and oxygen atoms in total. The van der Waals surface area contributed by atoms with Gasteiger partial charge < -0.3 is 69.1 Å². The lowest BCUT2D eigenvalue weighted by Gasteiger charge is -2.24. The number of ether oxygens (including phenoxy) is 6. The van der Waals surface area contributed by atoms with Crippen LogP contribution in [0, 0.1) is 17.8 Å². The molecule has 0 spiro atoms. The Labute approximate surface area is 709 Å². The molecule has 9 heterocycles. The van der Waals surface area contributed by atoms with E-state index >= 15 is 0 Å². The summed E-state index contributed by atoms with van der Waals surface area (Å²) in [4.78, 5) is 118. The molecule has 4 aliphatic rings. The predicted molar refractivity (Wildman–Crippen MR) is 443 cm³/mol. The number of nitrogens with two attached hydrogens (primary N) is 1. The summed E-state index contributed by atoms with van der Waals surface area (Å²) in [7, 11) is 9.33. The third kappa shape index (κ3) is 33.4. The molecule has 4 aliphatic heterocycles. The molecule has 39 heteroatoms. The van der Waals surface area contributed by atoms with E-state index in [9.17, 15) is 28.8 Å². The van der Waals surface area contributed by atoms with Crippen molar-refractivity contribution in [3.8, 4) is 23.5 Å². The second-order valence-electron chi connectivity index (χ2n) is 27.2. The van der Waals surface area contributed by atoms with Crippen LogP contribution in [0.15, 0.2) is 105 Å². The van der Waals surface area contributed by atoms with E-state index in [1.807, 2.05) is 46.4 Å². The molecule has 2 unspecified atom stereocenters. The van der Waals surface area contributed by atoms with Crippen molar-refractivity contribution in [2.45, 2.75) is 104 Å². The molecule has 7 aromatic rings. The zero-order valence-electron chi connectivity index (χ0n) is 65.1. The number of methoxy groups -OCH3 is 4. The summed E-state index contributed by atoms with van der Waals surface area (Å²) in [5.74, 6) is 3.43. The molecule has 0 aliphatic carbocycles. The first kappa shape index (κ1) is 97.8. The van der Waals surface area contributed by atoms with Gasteiger partial charge in [-0.15, -0.1) is 12.4 Å². The Morgan fingerprint density at radius 3 is 1.22 bits per heavy atom. The van der Waals surface area contributed by atoms with E-state index < -0.39 is 17.2 Å². The maximum absolute atomic E-state index is 12.8. The van der Waals surface area contributed by atoms with Crippen molar-refractivity contribution < 1.29 is 62.3 Å². The maximum atomic E-state index is 12.8. The standard InChI is InChI=1S/C21H23ClN4O3.C15H22ClN3O3.C11H11NO3.C10H14ClN3O.C9H18N2O2.C5H4Cl2N2O.C4HCl3N2.ClH/c1-4-19(27)25(2)16-7-5-15(6-8-16)21(28)26-10-9-14(13-26)11-18-23-12-17(22)20(24-18)29-3;1-15(2,3)22-14(20)19-6-5-10(9-19)7-12-17-8-11(16)13(18-12)21-4;1-3-10(13)12(2)9-6-4-8(5-7-9)11(14)15;1-15-10-8(11)6-13-9(14-10)4-7-2-3-12-5-7;1-9(2,3)13-8(12)11-5-4-7(10)6-11;1-10-4-3(6)2-8-5(7)9-4;5-2-1-8-4(7)9-3(2)6;/h4-8,12,14H,1,9-11,13H2,2-3H3;8,10H,5-7,9H2,1-4H3;3-7H,1H2,2H3,(H,14,15);6-7,12H,2-5H2,1H3;7H,4-6,10H2,1-3H3;2H,1H3;1H;1H/t14-;;;;7-;;;/m0...1.../s1. The summed E-state index contributed by atoms with van der Waals surface area (Å²) >= 11 is 45.0. The Kier molecular flexibility index (Phi) is 41.3. The normalized spacial score (nSPS) is 15.8. The molecule has 0 bridgehead atoms. The fourth-order valence-corrected chi connectivity index (χ4v) is 11.9. The number of carbonyl (C=O) groups is 6. The van der Waals surface area contributed by atoms with Crippen LogP contribution in [0.5, 0.6) is 23.5 Å². The van der Waals surface area contributed by atoms with Gasteiger partial charge in [0.15, 0.2) is 5.15 Å². The van der Waals surface area contributed by atoms with Crippen LogP contribution in [0.3, 0.4) is 0 Å². The van der Waals surface area contributed by atoms with Gasteiger partial charge in [-0.3, -0.25) is 14.4 Å². The van der Waals surface area contributed by atoms with E-state index in [-0.39, 0.29) is 75.6 Å². The van der Waals surface area contributed by atoms with Gasteiger partial charge in [-0.25, -0.2) is 44.3 Å². The third-order valence-corrected chi connectivity index (χ3v) is 18.5. The minimum atomic E-state index is -0.987. The van der Waals surface area contributed by atoms with Crippen molar-refractivity contribution in [2.24, 2.45) is 23.5 Å². The summed E-state index contributed by atoms with van der Waals surface area (Å²) in [6.07, 6.45) is 15.5. The van der Waals surface area contributed by atoms with Gasteiger partial charge >= 0.3 is 18.2 Å². The molecular formula is C75H94Cl9N17O13. The predicted octanol–water partition coefficient (Wildman–Crippen LogP) is 14.4. The maximum Gasteiger partial charge on any atom is 0.410 e. The number of carboxylic acid groups (broad SMARTS) is 1. The molecule has 4 saturated heterocycles. The zero-order chi connectivity index (χ0) is 83.9. The number of nitrogens with zero attached hydrogens (tertiary/aromatic N) is 15. The molecule has 4 atom stereocenters. The summed E-state index contributed by atoms with van der Waals surface area (Å²) in [5, 5.41) is 14.3. The van der Waals surface area contributed by atoms with Crippen LogP contribution in [0.25, 0.3) is 0 Å². The average Bonchev–Trinajstić information content (AvgIpc) is 1.70. The van der Waals surface area contributed by atoms with Gasteiger partial charge in [-0.05, 0) is 182 Å². The fourth-order valence-electron chi connectivity index (χ4n) is 10.7. The molecule has 2 aromatic carbocycles. The first-order valence-corrected chi connectivity index (χ1v) is 38.1. The number of carboxylic acids is 1. The molecule has 11 rings (SSSR count). The van der Waals surface area contributed by atoms with Crippen molar-refractivity contribution in [1.82, 2.24) is 69.9 Å². The first-order valence-electron chi connectivity index (χ1n) is 35.1. The molecule has 4 N–H and O–H groups in total. The highest BCUT2D eigenvalue weighted by molar-refractivity contribution is 6.41. The fraction of sp³-hybridized carbons (Fsp3) is 0.440. The van der Waals surface area contributed by atoms with Crippen LogP contribution in [-0.2, 0) is 38.3 Å². The van der Waals surface area contributed by atoms with E-state index in [4.69, 9.17) is 132 Å². The van der Waals surface area contributed by atoms with Crippen molar-refractivity contribution in [1.29, 1.82) is 0 Å². The summed E-state index contributed by atoms with van der Waals surface area (Å²) < 4.78 is 30.6. The van der Waals surface area contributed by atoms with E-state index in [1.54, 1.807) is 79.8 Å². The topological polar surface area (TPSA) is 361 Å². The molecular weight excluding hydrogens is 1670 g/mol. The highest BCUT2D eigenvalue weighted by Crippen LogP contribution is 2.29. The van der Waals surface area contributed by atoms with E-state index in [0.717, 1.165) is 51.1 Å². The second kappa shape index (κ2) is 48.1. The number of likely N-dealkylation sites (tertiary alicyclic amines) is 3. The minimum Gasteiger partial charge on any atom is -0.480 e. The number of hydrogen-bond donors (Lipinski definition) is 3. The number of aromatic nitrogens is 10. The van der Waals surface area contributed by atoms with Crippen molar-refractivity contribution in [2.75, 3.05) is 105 Å². The molecule has 5 amide bonds. The number of benzene rings is 2. The smallest absolute Gasteiger partial charge is 0.410 e. The lowest BCUT2D eigenvalue weighted by Crippen LogP contribution is -2.36. The van der Waals surface area contributed by atoms with Crippen LogP contribution < -0.4 is 39.8 Å². The van der Waals surface area contributed by atoms with Gasteiger partial charge in [-0.1, -0.05) is 82.8 Å². The molecule has 620 valence electrons. The van der Waals surface area contributed by atoms with Crippen LogP contribution in [0.2, 0.25) is 40.8 Å².